The van der Waals surface area contributed by atoms with Gasteiger partial charge in [-0.25, -0.2) is 4.79 Å². The first-order valence-electron chi connectivity index (χ1n) is 26.7. The lowest BCUT2D eigenvalue weighted by Gasteiger charge is -2.59. The van der Waals surface area contributed by atoms with E-state index in [0.29, 0.717) is 24.8 Å². The van der Waals surface area contributed by atoms with E-state index in [9.17, 15) is 39.0 Å². The number of fused-ring (bicyclic) bond motifs is 10. The molecule has 4 fully saturated rings. The summed E-state index contributed by atoms with van der Waals surface area (Å²) in [4.78, 5) is 79.2. The highest BCUT2D eigenvalue weighted by Gasteiger charge is 2.76. The number of carbonyl (C=O) groups is 6. The molecule has 78 heavy (non-hydrogen) atoms. The molecule has 410 valence electrons. The molecule has 5 N–H and O–H groups in total. The Morgan fingerprint density at radius 1 is 0.897 bits per heavy atom. The lowest BCUT2D eigenvalue weighted by atomic mass is 9.46. The van der Waals surface area contributed by atoms with Crippen LogP contribution in [0.2, 0.25) is 0 Å². The molecule has 17 heteroatoms. The number of benzene rings is 4. The number of ketones is 2. The van der Waals surface area contributed by atoms with E-state index in [-0.39, 0.29) is 61.0 Å². The molecule has 4 aromatic carbocycles. The molecule has 1 saturated heterocycles. The zero-order chi connectivity index (χ0) is 55.5. The molecule has 0 bridgehead atoms. The van der Waals surface area contributed by atoms with Crippen LogP contribution in [0.5, 0.6) is 0 Å². The van der Waals surface area contributed by atoms with Crippen LogP contribution in [-0.4, -0.2) is 94.9 Å². The van der Waals surface area contributed by atoms with Crippen LogP contribution < -0.4 is 16.0 Å². The minimum atomic E-state index is -3.61. The number of ether oxygens (including phenoxy) is 4. The van der Waals surface area contributed by atoms with E-state index in [1.165, 1.54) is 42.5 Å². The smallest absolute Gasteiger partial charge is 0.407 e. The maximum Gasteiger partial charge on any atom is 0.407 e. The number of aliphatic hydroxyl groups excluding tert-OH is 2. The second-order valence-corrected chi connectivity index (χ2v) is 23.0. The van der Waals surface area contributed by atoms with E-state index in [2.05, 4.69) is 22.9 Å². The Kier molecular flexibility index (Phi) is 14.5. The summed E-state index contributed by atoms with van der Waals surface area (Å²) in [5, 5.41) is 30.0. The first kappa shape index (κ1) is 54.4. The number of hydrogen-bond acceptors (Lipinski definition) is 12. The average Bonchev–Trinajstić information content (AvgIpc) is 4.20. The standard InChI is InChI=1S/C61H65F2N3O12/c1-57(2,3)77-52(72)24-23-47(66-51(71)31-64-56(74)75-33-45-42-15-8-6-13-40(42)41-14-7-9-16-43(41)45)54(73)65-38-12-10-11-37(27-38)61(62,63)35-19-17-34(18-20-35)55-76-50-29-46-44-22-21-36-28-39(68)25-26-58(36,4)53(44)48(69)30-59(46,5)60(50,78-55)49(70)32-67/h6-20,25-28,44-48,50,53,55,67,69H,21-24,29-33H2,1-5H3,(H,64,74)(H,65,73)(H,66,71)/t44-,46-,47-,48-,50+,53+,55+,58-,59-,60+/m0/s1. The van der Waals surface area contributed by atoms with E-state index in [4.69, 9.17) is 18.9 Å². The molecule has 15 nitrogen and oxygen atoms in total. The molecule has 0 aromatic heterocycles. The van der Waals surface area contributed by atoms with Crippen LogP contribution in [0.4, 0.5) is 19.3 Å². The van der Waals surface area contributed by atoms with Crippen molar-refractivity contribution in [1.29, 1.82) is 0 Å². The van der Waals surface area contributed by atoms with Gasteiger partial charge in [0.15, 0.2) is 23.5 Å². The number of rotatable bonds is 15. The van der Waals surface area contributed by atoms with Gasteiger partial charge in [-0.15, -0.1) is 0 Å². The molecule has 1 aliphatic heterocycles. The first-order valence-corrected chi connectivity index (χ1v) is 26.7. The minimum Gasteiger partial charge on any atom is -0.460 e. The number of alkyl carbamates (subject to hydrolysis) is 1. The molecule has 4 aromatic rings. The minimum absolute atomic E-state index is 0.00501. The monoisotopic (exact) mass is 1070 g/mol. The predicted molar refractivity (Wildman–Crippen MR) is 282 cm³/mol. The summed E-state index contributed by atoms with van der Waals surface area (Å²) in [6.07, 6.45) is 2.86. The Bertz CT molecular complexity index is 3070. The third kappa shape index (κ3) is 9.76. The summed E-state index contributed by atoms with van der Waals surface area (Å²) in [6, 6.07) is 24.6. The van der Waals surface area contributed by atoms with Crippen molar-refractivity contribution < 1.29 is 66.7 Å². The van der Waals surface area contributed by atoms with Crippen LogP contribution in [0.1, 0.15) is 113 Å². The van der Waals surface area contributed by atoms with E-state index in [1.54, 1.807) is 32.9 Å². The van der Waals surface area contributed by atoms with Gasteiger partial charge >= 0.3 is 12.1 Å². The van der Waals surface area contributed by atoms with E-state index in [1.807, 2.05) is 61.5 Å². The van der Waals surface area contributed by atoms with Gasteiger partial charge in [-0.05, 0) is 111 Å². The summed E-state index contributed by atoms with van der Waals surface area (Å²) in [5.41, 5.74) is 0.560. The van der Waals surface area contributed by atoms with Crippen molar-refractivity contribution in [2.45, 2.75) is 121 Å². The highest BCUT2D eigenvalue weighted by atomic mass is 19.3. The molecule has 10 rings (SSSR count). The number of allylic oxidation sites excluding steroid dienone is 4. The van der Waals surface area contributed by atoms with Gasteiger partial charge in [-0.1, -0.05) is 110 Å². The lowest BCUT2D eigenvalue weighted by Crippen LogP contribution is -2.63. The van der Waals surface area contributed by atoms with Gasteiger partial charge in [0.1, 0.15) is 31.4 Å². The molecule has 3 saturated carbocycles. The van der Waals surface area contributed by atoms with E-state index >= 15 is 8.78 Å². The van der Waals surface area contributed by atoms with Gasteiger partial charge in [-0.3, -0.25) is 24.0 Å². The van der Waals surface area contributed by atoms with Crippen molar-refractivity contribution in [1.82, 2.24) is 10.6 Å². The second-order valence-electron chi connectivity index (χ2n) is 23.0. The highest BCUT2D eigenvalue weighted by Crippen LogP contribution is 2.70. The number of aliphatic hydroxyl groups is 2. The van der Waals surface area contributed by atoms with Crippen molar-refractivity contribution in [2.75, 3.05) is 25.1 Å². The van der Waals surface area contributed by atoms with Gasteiger partial charge in [0, 0.05) is 51.5 Å². The Balaban J connectivity index is 0.791. The van der Waals surface area contributed by atoms with Gasteiger partial charge in [-0.2, -0.15) is 8.78 Å². The molecular formula is C61H65F2N3O12. The summed E-state index contributed by atoms with van der Waals surface area (Å²) < 4.78 is 57.2. The predicted octanol–water partition coefficient (Wildman–Crippen LogP) is 8.51. The number of carbonyl (C=O) groups excluding carboxylic acids is 6. The maximum atomic E-state index is 16.5. The van der Waals surface area contributed by atoms with Crippen LogP contribution >= 0.6 is 0 Å². The number of esters is 1. The van der Waals surface area contributed by atoms with Crippen molar-refractivity contribution in [3.8, 4) is 11.1 Å². The summed E-state index contributed by atoms with van der Waals surface area (Å²) >= 11 is 0. The number of halogens is 2. The van der Waals surface area contributed by atoms with Gasteiger partial charge in [0.05, 0.1) is 12.2 Å². The van der Waals surface area contributed by atoms with E-state index < -0.39 is 106 Å². The molecule has 3 amide bonds. The third-order valence-corrected chi connectivity index (χ3v) is 17.3. The molecule has 0 unspecified atom stereocenters. The molecule has 6 aliphatic rings. The number of Topliss-reactive ketones (excluding diaryl/α,β-unsaturated/α-hetero) is 1. The zero-order valence-electron chi connectivity index (χ0n) is 44.2. The van der Waals surface area contributed by atoms with Crippen molar-refractivity contribution in [3.05, 3.63) is 149 Å². The van der Waals surface area contributed by atoms with Crippen LogP contribution in [-0.2, 0) is 48.8 Å². The topological polar surface area (TPSA) is 216 Å². The summed E-state index contributed by atoms with van der Waals surface area (Å²) in [6.45, 7) is 7.61. The molecule has 0 radical (unpaired) electrons. The number of amides is 3. The zero-order valence-corrected chi connectivity index (χ0v) is 44.2. The van der Waals surface area contributed by atoms with Gasteiger partial charge in [0.2, 0.25) is 11.8 Å². The first-order chi connectivity index (χ1) is 37.1. The molecule has 5 aliphatic carbocycles. The molecular weight excluding hydrogens is 1000 g/mol. The van der Waals surface area contributed by atoms with Crippen LogP contribution in [0.25, 0.3) is 11.1 Å². The number of nitrogens with one attached hydrogen (secondary N) is 3. The van der Waals surface area contributed by atoms with E-state index in [0.717, 1.165) is 33.9 Å². The molecule has 1 heterocycles. The van der Waals surface area contributed by atoms with Gasteiger partial charge in [0.25, 0.3) is 5.92 Å². The Labute approximate surface area is 451 Å². The van der Waals surface area contributed by atoms with Crippen molar-refractivity contribution in [2.24, 2.45) is 28.6 Å². The highest BCUT2D eigenvalue weighted by molar-refractivity contribution is 6.01. The lowest BCUT2D eigenvalue weighted by molar-refractivity contribution is -0.201. The fraction of sp³-hybridized carbons (Fsp3) is 0.443. The van der Waals surface area contributed by atoms with Gasteiger partial charge < -0.3 is 45.1 Å². The fourth-order valence-corrected chi connectivity index (χ4v) is 13.8. The average molecular weight is 1070 g/mol. The Morgan fingerprint density at radius 3 is 2.27 bits per heavy atom. The number of anilines is 1. The maximum absolute atomic E-state index is 16.5. The Morgan fingerprint density at radius 2 is 1.59 bits per heavy atom. The third-order valence-electron chi connectivity index (χ3n) is 17.3. The SMILES string of the molecule is CC(C)(C)OC(=O)CC[C@H](NC(=O)CNC(=O)OCC1c2ccccc2-c2ccccc21)C(=O)Nc1cccc(C(F)(F)c2ccc([C@@H]3O[C@@H]4C[C@H]5[C@@H]6CCC7=CC(=O)C=C[C@]7(C)[C@H]6[C@@H](O)C[C@]5(C)[C@]4(C(=O)CO)O3)cc2)c1. The fourth-order valence-electron chi connectivity index (χ4n) is 13.8. The van der Waals surface area contributed by atoms with Crippen LogP contribution in [0.15, 0.2) is 121 Å². The van der Waals surface area contributed by atoms with Crippen molar-refractivity contribution >= 4 is 41.1 Å². The number of hydrogen-bond donors (Lipinski definition) is 5. The molecule has 10 atom stereocenters. The Hall–Kier alpha value is -6.92. The van der Waals surface area contributed by atoms with Crippen molar-refractivity contribution in [3.63, 3.8) is 0 Å². The summed E-state index contributed by atoms with van der Waals surface area (Å²) in [5.74, 6) is -7.13. The normalized spacial score (nSPS) is 28.1. The molecule has 0 spiro atoms. The van der Waals surface area contributed by atoms with Crippen LogP contribution in [0, 0.1) is 28.6 Å². The quantitative estimate of drug-likeness (QED) is 0.0709. The van der Waals surface area contributed by atoms with Crippen LogP contribution in [0.3, 0.4) is 0 Å². The second kappa shape index (κ2) is 20.7. The largest absolute Gasteiger partial charge is 0.460 e. The number of alkyl halides is 2. The summed E-state index contributed by atoms with van der Waals surface area (Å²) in [7, 11) is 0.